The molecule has 0 spiro atoms. The van der Waals surface area contributed by atoms with E-state index in [4.69, 9.17) is 4.74 Å². The van der Waals surface area contributed by atoms with Gasteiger partial charge in [0.15, 0.2) is 6.61 Å². The highest BCUT2D eigenvalue weighted by Crippen LogP contribution is 2.21. The smallest absolute Gasteiger partial charge is 0.261 e. The molecular weight excluding hydrogens is 484 g/mol. The molecule has 1 aliphatic rings. The summed E-state index contributed by atoms with van der Waals surface area (Å²) < 4.78 is 5.95. The lowest BCUT2D eigenvalue weighted by Gasteiger charge is -2.33. The predicted molar refractivity (Wildman–Crippen MR) is 157 cm³/mol. The Morgan fingerprint density at radius 2 is 1.59 bits per heavy atom. The fraction of sp³-hybridized carbons (Fsp3) is 0.412. The van der Waals surface area contributed by atoms with Crippen molar-refractivity contribution in [1.29, 1.82) is 0 Å². The van der Waals surface area contributed by atoms with E-state index >= 15 is 0 Å². The minimum Gasteiger partial charge on any atom is -0.484 e. The Morgan fingerprint density at radius 1 is 0.897 bits per heavy atom. The number of rotatable bonds is 11. The van der Waals surface area contributed by atoms with Gasteiger partial charge in [0, 0.05) is 19.0 Å². The topological polar surface area (TPSA) is 58.6 Å². The van der Waals surface area contributed by atoms with Crippen LogP contribution in [0.1, 0.15) is 74.1 Å². The third-order valence-corrected chi connectivity index (χ3v) is 7.57. The van der Waals surface area contributed by atoms with Crippen molar-refractivity contribution >= 4 is 11.8 Å². The van der Waals surface area contributed by atoms with Crippen molar-refractivity contribution in [3.8, 4) is 5.75 Å². The van der Waals surface area contributed by atoms with Crippen molar-refractivity contribution in [3.63, 3.8) is 0 Å². The van der Waals surface area contributed by atoms with Gasteiger partial charge in [-0.25, -0.2) is 0 Å². The van der Waals surface area contributed by atoms with Crippen LogP contribution in [0.5, 0.6) is 5.75 Å². The van der Waals surface area contributed by atoms with Gasteiger partial charge in [-0.3, -0.25) is 9.59 Å². The van der Waals surface area contributed by atoms with E-state index in [0.29, 0.717) is 24.6 Å². The summed E-state index contributed by atoms with van der Waals surface area (Å²) in [6.07, 6.45) is 5.90. The Balaban J connectivity index is 1.59. The molecule has 0 heterocycles. The number of nitrogens with one attached hydrogen (secondary N) is 1. The molecule has 2 amide bonds. The lowest BCUT2D eigenvalue weighted by molar-refractivity contribution is -0.143. The second kappa shape index (κ2) is 14.0. The molecule has 1 aliphatic carbocycles. The second-order valence-electron chi connectivity index (χ2n) is 11.1. The van der Waals surface area contributed by atoms with Crippen LogP contribution in [0.2, 0.25) is 0 Å². The van der Waals surface area contributed by atoms with Crippen LogP contribution >= 0.6 is 0 Å². The van der Waals surface area contributed by atoms with E-state index in [-0.39, 0.29) is 24.5 Å². The number of hydrogen-bond acceptors (Lipinski definition) is 3. The summed E-state index contributed by atoms with van der Waals surface area (Å²) in [7, 11) is 0. The third-order valence-electron chi connectivity index (χ3n) is 7.57. The molecule has 1 saturated carbocycles. The van der Waals surface area contributed by atoms with Gasteiger partial charge >= 0.3 is 0 Å². The SMILES string of the molecule is Cc1cccc(CN(C(=O)COc2ccc(C(C)C)cc2)[C@H](Cc2ccccc2)C(=O)NC2CCCCC2)c1. The zero-order valence-corrected chi connectivity index (χ0v) is 23.6. The highest BCUT2D eigenvalue weighted by Gasteiger charge is 2.32. The fourth-order valence-electron chi connectivity index (χ4n) is 5.28. The molecule has 206 valence electrons. The van der Waals surface area contributed by atoms with E-state index in [2.05, 4.69) is 25.2 Å². The Morgan fingerprint density at radius 3 is 2.26 bits per heavy atom. The van der Waals surface area contributed by atoms with Gasteiger partial charge < -0.3 is 15.0 Å². The standard InChI is InChI=1S/C34H42N2O3/c1-25(2)29-17-19-31(20-18-29)39-24-33(37)36(23-28-14-10-11-26(3)21-28)32(22-27-12-6-4-7-13-27)34(38)35-30-15-8-5-9-16-30/h4,6-7,10-14,17-21,25,30,32H,5,8-9,15-16,22-24H2,1-3H3,(H,35,38)/t32-/m1/s1. The fourth-order valence-corrected chi connectivity index (χ4v) is 5.28. The van der Waals surface area contributed by atoms with Crippen LogP contribution in [0.4, 0.5) is 0 Å². The summed E-state index contributed by atoms with van der Waals surface area (Å²) in [5.74, 6) is 0.777. The molecule has 39 heavy (non-hydrogen) atoms. The number of carbonyl (C=O) groups is 2. The van der Waals surface area contributed by atoms with Crippen LogP contribution in [0, 0.1) is 6.92 Å². The Kier molecular flexibility index (Phi) is 10.2. The summed E-state index contributed by atoms with van der Waals surface area (Å²) in [5, 5.41) is 3.29. The average molecular weight is 527 g/mol. The predicted octanol–water partition coefficient (Wildman–Crippen LogP) is 6.59. The lowest BCUT2D eigenvalue weighted by Crippen LogP contribution is -2.53. The van der Waals surface area contributed by atoms with E-state index in [9.17, 15) is 9.59 Å². The molecule has 1 atom stereocenters. The lowest BCUT2D eigenvalue weighted by atomic mass is 9.94. The van der Waals surface area contributed by atoms with Crippen molar-refractivity contribution in [3.05, 3.63) is 101 Å². The first-order valence-electron chi connectivity index (χ1n) is 14.3. The molecule has 3 aromatic rings. The number of hydrogen-bond donors (Lipinski definition) is 1. The van der Waals surface area contributed by atoms with Crippen LogP contribution in [0.15, 0.2) is 78.9 Å². The maximum Gasteiger partial charge on any atom is 0.261 e. The van der Waals surface area contributed by atoms with Gasteiger partial charge in [-0.05, 0) is 54.5 Å². The van der Waals surface area contributed by atoms with Crippen molar-refractivity contribution in [2.75, 3.05) is 6.61 Å². The van der Waals surface area contributed by atoms with Crippen LogP contribution < -0.4 is 10.1 Å². The van der Waals surface area contributed by atoms with Gasteiger partial charge in [-0.2, -0.15) is 0 Å². The molecule has 0 aromatic heterocycles. The normalized spacial score (nSPS) is 14.6. The summed E-state index contributed by atoms with van der Waals surface area (Å²) in [4.78, 5) is 29.4. The molecule has 1 N–H and O–H groups in total. The largest absolute Gasteiger partial charge is 0.484 e. The molecule has 4 rings (SSSR count). The van der Waals surface area contributed by atoms with Gasteiger partial charge in [0.05, 0.1) is 0 Å². The van der Waals surface area contributed by atoms with E-state index in [1.165, 1.54) is 12.0 Å². The van der Waals surface area contributed by atoms with E-state index < -0.39 is 6.04 Å². The first-order valence-corrected chi connectivity index (χ1v) is 14.3. The van der Waals surface area contributed by atoms with Crippen molar-refractivity contribution in [1.82, 2.24) is 10.2 Å². The molecule has 5 heteroatoms. The Hall–Kier alpha value is -3.60. The highest BCUT2D eigenvalue weighted by molar-refractivity contribution is 5.88. The minimum absolute atomic E-state index is 0.0898. The summed E-state index contributed by atoms with van der Waals surface area (Å²) in [5.41, 5.74) is 4.35. The van der Waals surface area contributed by atoms with Crippen molar-refractivity contribution < 1.29 is 14.3 Å². The third kappa shape index (κ3) is 8.44. The first-order chi connectivity index (χ1) is 18.9. The molecule has 0 unspecified atom stereocenters. The maximum absolute atomic E-state index is 13.8. The number of aryl methyl sites for hydroxylation is 1. The van der Waals surface area contributed by atoms with Gasteiger partial charge in [-0.1, -0.05) is 105 Å². The molecule has 5 nitrogen and oxygen atoms in total. The van der Waals surface area contributed by atoms with Crippen molar-refractivity contribution in [2.24, 2.45) is 0 Å². The van der Waals surface area contributed by atoms with Gasteiger partial charge in [0.25, 0.3) is 5.91 Å². The molecule has 0 saturated heterocycles. The van der Waals surface area contributed by atoms with Gasteiger partial charge in [0.1, 0.15) is 11.8 Å². The first kappa shape index (κ1) is 28.4. The Labute approximate surface area is 233 Å². The highest BCUT2D eigenvalue weighted by atomic mass is 16.5. The van der Waals surface area contributed by atoms with Gasteiger partial charge in [0.2, 0.25) is 5.91 Å². The number of ether oxygens (including phenoxy) is 1. The van der Waals surface area contributed by atoms with Crippen LogP contribution in [-0.2, 0) is 22.6 Å². The van der Waals surface area contributed by atoms with E-state index in [0.717, 1.165) is 42.4 Å². The monoisotopic (exact) mass is 526 g/mol. The Bertz CT molecular complexity index is 1200. The zero-order valence-electron chi connectivity index (χ0n) is 23.6. The summed E-state index contributed by atoms with van der Waals surface area (Å²) in [6.45, 7) is 6.54. The van der Waals surface area contributed by atoms with E-state index in [1.807, 2.05) is 79.7 Å². The summed E-state index contributed by atoms with van der Waals surface area (Å²) in [6, 6.07) is 25.5. The van der Waals surface area contributed by atoms with Crippen LogP contribution in [-0.4, -0.2) is 35.4 Å². The number of amides is 2. The van der Waals surface area contributed by atoms with Crippen molar-refractivity contribution in [2.45, 2.75) is 83.8 Å². The maximum atomic E-state index is 13.8. The van der Waals surface area contributed by atoms with Gasteiger partial charge in [-0.15, -0.1) is 0 Å². The molecule has 3 aromatic carbocycles. The molecular formula is C34H42N2O3. The summed E-state index contributed by atoms with van der Waals surface area (Å²) >= 11 is 0. The van der Waals surface area contributed by atoms with Crippen LogP contribution in [0.25, 0.3) is 0 Å². The molecule has 0 bridgehead atoms. The number of carbonyl (C=O) groups excluding carboxylic acids is 2. The average Bonchev–Trinajstić information content (AvgIpc) is 2.95. The quantitative estimate of drug-likeness (QED) is 0.307. The second-order valence-corrected chi connectivity index (χ2v) is 11.1. The minimum atomic E-state index is -0.644. The molecule has 1 fully saturated rings. The molecule has 0 radical (unpaired) electrons. The van der Waals surface area contributed by atoms with E-state index in [1.54, 1.807) is 4.90 Å². The van der Waals surface area contributed by atoms with Crippen LogP contribution in [0.3, 0.4) is 0 Å². The molecule has 0 aliphatic heterocycles. The number of nitrogens with zero attached hydrogens (tertiary/aromatic N) is 1. The number of benzene rings is 3. The zero-order chi connectivity index (χ0) is 27.6.